The molecule has 1 aromatic carbocycles. The Balaban J connectivity index is 2.61. The summed E-state index contributed by atoms with van der Waals surface area (Å²) in [5, 5.41) is 8.65. The highest BCUT2D eigenvalue weighted by Gasteiger charge is 2.10. The lowest BCUT2D eigenvalue weighted by Gasteiger charge is -2.17. The fraction of sp³-hybridized carbons (Fsp3) is 0.462. The van der Waals surface area contributed by atoms with Crippen molar-refractivity contribution in [1.82, 2.24) is 4.90 Å². The van der Waals surface area contributed by atoms with Gasteiger partial charge in [0.25, 0.3) is 0 Å². The Morgan fingerprint density at radius 3 is 2.78 bits per heavy atom. The topological polar surface area (TPSA) is 49.8 Å². The number of rotatable bonds is 6. The van der Waals surface area contributed by atoms with Gasteiger partial charge in [0.05, 0.1) is 7.11 Å². The highest BCUT2D eigenvalue weighted by molar-refractivity contribution is 5.75. The number of aliphatic hydroxyl groups is 1. The average Bonchev–Trinajstić information content (AvgIpc) is 2.36. The fourth-order valence-electron chi connectivity index (χ4n) is 1.59. The number of hydrogen-bond acceptors (Lipinski definition) is 3. The smallest absolute Gasteiger partial charge is 0.222 e. The molecule has 0 spiro atoms. The van der Waals surface area contributed by atoms with E-state index in [1.165, 1.54) is 24.1 Å². The van der Waals surface area contributed by atoms with E-state index in [2.05, 4.69) is 0 Å². The van der Waals surface area contributed by atoms with E-state index in [0.717, 1.165) is 0 Å². The number of aliphatic hydroxyl groups excluding tert-OH is 1. The van der Waals surface area contributed by atoms with Gasteiger partial charge >= 0.3 is 0 Å². The Bertz CT molecular complexity index is 409. The molecule has 0 atom stereocenters. The van der Waals surface area contributed by atoms with Crippen molar-refractivity contribution in [3.05, 3.63) is 29.6 Å². The summed E-state index contributed by atoms with van der Waals surface area (Å²) >= 11 is 0. The second-order valence-electron chi connectivity index (χ2n) is 4.05. The van der Waals surface area contributed by atoms with Gasteiger partial charge in [0, 0.05) is 26.6 Å². The number of ether oxygens (including phenoxy) is 1. The number of carbonyl (C=O) groups excluding carboxylic acids is 1. The summed E-state index contributed by atoms with van der Waals surface area (Å²) in [5.74, 6) is -0.320. The number of hydrogen-bond donors (Lipinski definition) is 1. The minimum Gasteiger partial charge on any atom is -0.494 e. The van der Waals surface area contributed by atoms with Crippen LogP contribution in [0.2, 0.25) is 0 Å². The molecular weight excluding hydrogens is 237 g/mol. The zero-order valence-corrected chi connectivity index (χ0v) is 10.6. The monoisotopic (exact) mass is 255 g/mol. The van der Waals surface area contributed by atoms with Crippen LogP contribution in [0.15, 0.2) is 18.2 Å². The van der Waals surface area contributed by atoms with Crippen molar-refractivity contribution in [3.63, 3.8) is 0 Å². The van der Waals surface area contributed by atoms with Crippen LogP contribution in [0.25, 0.3) is 0 Å². The van der Waals surface area contributed by atoms with Gasteiger partial charge in [-0.15, -0.1) is 0 Å². The van der Waals surface area contributed by atoms with Crippen molar-refractivity contribution >= 4 is 5.91 Å². The van der Waals surface area contributed by atoms with Crippen molar-refractivity contribution in [3.8, 4) is 5.75 Å². The Kier molecular flexibility index (Phi) is 5.58. The van der Waals surface area contributed by atoms with E-state index in [1.807, 2.05) is 0 Å². The SMILES string of the molecule is COc1ccc(CN(C)C(=O)CCCO)cc1F. The van der Waals surface area contributed by atoms with Crippen LogP contribution in [-0.2, 0) is 11.3 Å². The van der Waals surface area contributed by atoms with Crippen LogP contribution in [0.4, 0.5) is 4.39 Å². The normalized spacial score (nSPS) is 10.2. The maximum absolute atomic E-state index is 13.4. The van der Waals surface area contributed by atoms with Gasteiger partial charge in [0.1, 0.15) is 0 Å². The van der Waals surface area contributed by atoms with Crippen molar-refractivity contribution in [2.45, 2.75) is 19.4 Å². The Labute approximate surface area is 106 Å². The van der Waals surface area contributed by atoms with Crippen molar-refractivity contribution in [1.29, 1.82) is 0 Å². The maximum Gasteiger partial charge on any atom is 0.222 e. The predicted octanol–water partition coefficient (Wildman–Crippen LogP) is 1.57. The van der Waals surface area contributed by atoms with E-state index in [4.69, 9.17) is 9.84 Å². The van der Waals surface area contributed by atoms with Gasteiger partial charge in [0.2, 0.25) is 5.91 Å². The van der Waals surface area contributed by atoms with Gasteiger partial charge in [-0.2, -0.15) is 0 Å². The molecule has 0 aromatic heterocycles. The molecule has 0 heterocycles. The predicted molar refractivity (Wildman–Crippen MR) is 65.7 cm³/mol. The molecule has 0 aliphatic heterocycles. The number of benzene rings is 1. The molecule has 0 saturated carbocycles. The number of amides is 1. The molecule has 1 amide bonds. The molecule has 0 aliphatic rings. The second-order valence-corrected chi connectivity index (χ2v) is 4.05. The quantitative estimate of drug-likeness (QED) is 0.839. The Morgan fingerprint density at radius 2 is 2.22 bits per heavy atom. The van der Waals surface area contributed by atoms with Crippen LogP contribution >= 0.6 is 0 Å². The first kappa shape index (κ1) is 14.4. The fourth-order valence-corrected chi connectivity index (χ4v) is 1.59. The lowest BCUT2D eigenvalue weighted by molar-refractivity contribution is -0.130. The van der Waals surface area contributed by atoms with Gasteiger partial charge < -0.3 is 14.7 Å². The molecule has 0 fully saturated rings. The summed E-state index contributed by atoms with van der Waals surface area (Å²) in [6.07, 6.45) is 0.742. The number of halogens is 1. The first-order chi connectivity index (χ1) is 8.58. The molecule has 4 nitrogen and oxygen atoms in total. The van der Waals surface area contributed by atoms with Gasteiger partial charge in [-0.1, -0.05) is 6.07 Å². The van der Waals surface area contributed by atoms with E-state index in [0.29, 0.717) is 24.9 Å². The van der Waals surface area contributed by atoms with Crippen LogP contribution in [0.5, 0.6) is 5.75 Å². The number of methoxy groups -OCH3 is 1. The van der Waals surface area contributed by atoms with E-state index in [9.17, 15) is 9.18 Å². The number of nitrogens with zero attached hydrogens (tertiary/aromatic N) is 1. The van der Waals surface area contributed by atoms with Crippen molar-refractivity contribution in [2.75, 3.05) is 20.8 Å². The second kappa shape index (κ2) is 6.96. The molecule has 5 heteroatoms. The highest BCUT2D eigenvalue weighted by Crippen LogP contribution is 2.18. The van der Waals surface area contributed by atoms with Crippen LogP contribution in [0.3, 0.4) is 0 Å². The first-order valence-corrected chi connectivity index (χ1v) is 5.75. The van der Waals surface area contributed by atoms with Gasteiger partial charge in [-0.3, -0.25) is 4.79 Å². The average molecular weight is 255 g/mol. The third-order valence-corrected chi connectivity index (χ3v) is 2.61. The zero-order valence-electron chi connectivity index (χ0n) is 10.6. The van der Waals surface area contributed by atoms with Crippen LogP contribution in [-0.4, -0.2) is 36.7 Å². The van der Waals surface area contributed by atoms with Gasteiger partial charge in [-0.05, 0) is 24.1 Å². The summed E-state index contributed by atoms with van der Waals surface area (Å²) in [6.45, 7) is 0.335. The first-order valence-electron chi connectivity index (χ1n) is 5.75. The van der Waals surface area contributed by atoms with Gasteiger partial charge in [0.15, 0.2) is 11.6 Å². The third-order valence-electron chi connectivity index (χ3n) is 2.61. The molecule has 1 aromatic rings. The Hall–Kier alpha value is -1.62. The lowest BCUT2D eigenvalue weighted by atomic mass is 10.2. The summed E-state index contributed by atoms with van der Waals surface area (Å²) in [7, 11) is 3.06. The molecule has 1 N–H and O–H groups in total. The number of carbonyl (C=O) groups is 1. The molecule has 0 unspecified atom stereocenters. The van der Waals surface area contributed by atoms with E-state index >= 15 is 0 Å². The van der Waals surface area contributed by atoms with Gasteiger partial charge in [-0.25, -0.2) is 4.39 Å². The van der Waals surface area contributed by atoms with Crippen molar-refractivity contribution < 1.29 is 19.0 Å². The summed E-state index contributed by atoms with van der Waals surface area (Å²) in [5.41, 5.74) is 0.702. The third kappa shape index (κ3) is 4.00. The Morgan fingerprint density at radius 1 is 1.50 bits per heavy atom. The molecular formula is C13H18FNO3. The summed E-state index contributed by atoms with van der Waals surface area (Å²) in [4.78, 5) is 13.1. The largest absolute Gasteiger partial charge is 0.494 e. The van der Waals surface area contributed by atoms with Crippen LogP contribution in [0.1, 0.15) is 18.4 Å². The van der Waals surface area contributed by atoms with Crippen LogP contribution in [0, 0.1) is 5.82 Å². The summed E-state index contributed by atoms with van der Waals surface area (Å²) in [6, 6.07) is 4.61. The standard InChI is InChI=1S/C13H18FNO3/c1-15(13(17)4-3-7-16)9-10-5-6-12(18-2)11(14)8-10/h5-6,8,16H,3-4,7,9H2,1-2H3. The maximum atomic E-state index is 13.4. The highest BCUT2D eigenvalue weighted by atomic mass is 19.1. The minimum atomic E-state index is -0.439. The van der Waals surface area contributed by atoms with E-state index < -0.39 is 5.82 Å². The molecule has 1 rings (SSSR count). The minimum absolute atomic E-state index is 0.00323. The van der Waals surface area contributed by atoms with E-state index in [-0.39, 0.29) is 18.3 Å². The summed E-state index contributed by atoms with van der Waals surface area (Å²) < 4.78 is 18.3. The molecule has 0 bridgehead atoms. The molecule has 100 valence electrons. The zero-order chi connectivity index (χ0) is 13.5. The molecule has 0 aliphatic carbocycles. The molecule has 0 saturated heterocycles. The molecule has 0 radical (unpaired) electrons. The van der Waals surface area contributed by atoms with E-state index in [1.54, 1.807) is 13.1 Å². The molecule has 18 heavy (non-hydrogen) atoms. The van der Waals surface area contributed by atoms with Crippen LogP contribution < -0.4 is 4.74 Å². The van der Waals surface area contributed by atoms with Crippen molar-refractivity contribution in [2.24, 2.45) is 0 Å². The lowest BCUT2D eigenvalue weighted by Crippen LogP contribution is -2.26.